The van der Waals surface area contributed by atoms with Crippen LogP contribution >= 0.6 is 0 Å². The Hall–Kier alpha value is -3.60. The Bertz CT molecular complexity index is 1330. The summed E-state index contributed by atoms with van der Waals surface area (Å²) < 4.78 is 0. The molecule has 33 heavy (non-hydrogen) atoms. The van der Waals surface area contributed by atoms with Gasteiger partial charge in [0.15, 0.2) is 5.82 Å². The minimum Gasteiger partial charge on any atom is -0.508 e. The van der Waals surface area contributed by atoms with Crippen LogP contribution in [0.5, 0.6) is 5.75 Å². The maximum atomic E-state index is 9.81. The molecule has 7 nitrogen and oxygen atoms in total. The Balaban J connectivity index is 1.35. The summed E-state index contributed by atoms with van der Waals surface area (Å²) in [5.41, 5.74) is 5.76. The first kappa shape index (κ1) is 21.3. The van der Waals surface area contributed by atoms with E-state index in [-0.39, 0.29) is 0 Å². The first-order valence-electron chi connectivity index (χ1n) is 11.4. The summed E-state index contributed by atoms with van der Waals surface area (Å²) in [6.07, 6.45) is 2.69. The third kappa shape index (κ3) is 4.49. The van der Waals surface area contributed by atoms with E-state index in [1.807, 2.05) is 18.3 Å². The number of benzene rings is 2. The Morgan fingerprint density at radius 2 is 1.94 bits per heavy atom. The van der Waals surface area contributed by atoms with Gasteiger partial charge in [-0.15, -0.1) is 0 Å². The van der Waals surface area contributed by atoms with Crippen molar-refractivity contribution in [1.82, 2.24) is 30.0 Å². The molecule has 1 fully saturated rings. The molecule has 0 aliphatic carbocycles. The Morgan fingerprint density at radius 3 is 2.76 bits per heavy atom. The third-order valence-corrected chi connectivity index (χ3v) is 6.26. The molecule has 0 amide bonds. The summed E-state index contributed by atoms with van der Waals surface area (Å²) in [6, 6.07) is 11.8. The molecule has 2 aromatic carbocycles. The number of aromatic hydroxyl groups is 1. The highest BCUT2D eigenvalue weighted by atomic mass is 16.3. The van der Waals surface area contributed by atoms with Gasteiger partial charge in [0.25, 0.3) is 0 Å². The van der Waals surface area contributed by atoms with Gasteiger partial charge in [0.1, 0.15) is 17.1 Å². The zero-order valence-corrected chi connectivity index (χ0v) is 19.0. The maximum absolute atomic E-state index is 9.81. The minimum absolute atomic E-state index is 0.292. The molecule has 3 N–H and O–H groups in total. The van der Waals surface area contributed by atoms with Crippen LogP contribution in [0.25, 0.3) is 33.5 Å². The number of nitrogens with zero attached hydrogens (tertiary/aromatic N) is 4. The number of rotatable bonds is 4. The van der Waals surface area contributed by atoms with Crippen LogP contribution in [0.4, 0.5) is 0 Å². The average molecular weight is 441 g/mol. The fraction of sp³-hybridized carbons (Fsp3) is 0.308. The number of phenols is 1. The van der Waals surface area contributed by atoms with Gasteiger partial charge in [0, 0.05) is 37.8 Å². The molecule has 4 aromatic rings. The van der Waals surface area contributed by atoms with Crippen LogP contribution in [0.3, 0.4) is 0 Å². The molecule has 0 radical (unpaired) electrons. The Kier molecular flexibility index (Phi) is 5.86. The van der Waals surface area contributed by atoms with Gasteiger partial charge >= 0.3 is 0 Å². The molecule has 0 spiro atoms. The molecule has 0 atom stereocenters. The van der Waals surface area contributed by atoms with Crippen molar-refractivity contribution in [2.45, 2.75) is 13.3 Å². The van der Waals surface area contributed by atoms with Gasteiger partial charge < -0.3 is 15.0 Å². The van der Waals surface area contributed by atoms with Crippen molar-refractivity contribution >= 4 is 10.9 Å². The van der Waals surface area contributed by atoms with Gasteiger partial charge in [-0.25, -0.2) is 4.98 Å². The lowest BCUT2D eigenvalue weighted by atomic mass is 9.97. The lowest BCUT2D eigenvalue weighted by molar-refractivity contribution is 0.168. The molecule has 0 bridgehead atoms. The SMILES string of the molecule is CCc1cc(O)ccc1-c1ccc2c(-c3nc(C#CCN4CCN(C)CC4)c[nH]3)n[nH]c2c1. The zero-order chi connectivity index (χ0) is 22.8. The molecule has 7 heteroatoms. The molecule has 1 aliphatic rings. The van der Waals surface area contributed by atoms with E-state index in [0.29, 0.717) is 11.6 Å². The van der Waals surface area contributed by atoms with Crippen LogP contribution in [0, 0.1) is 11.8 Å². The maximum Gasteiger partial charge on any atom is 0.160 e. The number of imidazole rings is 1. The molecule has 3 heterocycles. The van der Waals surface area contributed by atoms with Crippen molar-refractivity contribution in [2.24, 2.45) is 0 Å². The smallest absolute Gasteiger partial charge is 0.160 e. The van der Waals surface area contributed by atoms with E-state index in [9.17, 15) is 5.11 Å². The fourth-order valence-electron chi connectivity index (χ4n) is 4.28. The summed E-state index contributed by atoms with van der Waals surface area (Å²) in [4.78, 5) is 12.6. The summed E-state index contributed by atoms with van der Waals surface area (Å²) in [6.45, 7) is 7.16. The second-order valence-corrected chi connectivity index (χ2v) is 8.54. The molecular weight excluding hydrogens is 412 g/mol. The van der Waals surface area contributed by atoms with E-state index >= 15 is 0 Å². The van der Waals surface area contributed by atoms with Crippen molar-refractivity contribution in [1.29, 1.82) is 0 Å². The number of hydrogen-bond donors (Lipinski definition) is 3. The van der Waals surface area contributed by atoms with Crippen LogP contribution in [-0.4, -0.2) is 74.8 Å². The zero-order valence-electron chi connectivity index (χ0n) is 19.0. The summed E-state index contributed by atoms with van der Waals surface area (Å²) >= 11 is 0. The van der Waals surface area contributed by atoms with Gasteiger partial charge in [0.05, 0.1) is 12.1 Å². The van der Waals surface area contributed by atoms with Gasteiger partial charge in [-0.3, -0.25) is 10.00 Å². The molecule has 0 unspecified atom stereocenters. The van der Waals surface area contributed by atoms with E-state index in [1.54, 1.807) is 6.07 Å². The molecule has 1 aliphatic heterocycles. The second kappa shape index (κ2) is 9.10. The quantitative estimate of drug-likeness (QED) is 0.423. The van der Waals surface area contributed by atoms with Crippen molar-refractivity contribution in [3.63, 3.8) is 0 Å². The minimum atomic E-state index is 0.292. The number of aryl methyl sites for hydroxylation is 1. The number of fused-ring (bicyclic) bond motifs is 1. The number of phenolic OH excluding ortho intramolecular Hbond substituents is 1. The standard InChI is InChI=1S/C26H28N6O/c1-3-18-15-21(33)7-9-22(18)19-6-8-23-24(16-19)29-30-25(23)26-27-17-20(28-26)5-4-10-32-13-11-31(2)12-14-32/h6-9,15-17,33H,3,10-14H2,1-2H3,(H,27,28)(H,29,30). The number of piperazine rings is 1. The van der Waals surface area contributed by atoms with Crippen LogP contribution < -0.4 is 0 Å². The predicted octanol–water partition coefficient (Wildman–Crippen LogP) is 3.49. The van der Waals surface area contributed by atoms with E-state index in [2.05, 4.69) is 74.0 Å². The second-order valence-electron chi connectivity index (χ2n) is 8.54. The molecular formula is C26H28N6O. The van der Waals surface area contributed by atoms with Crippen LogP contribution in [0.15, 0.2) is 42.6 Å². The lowest BCUT2D eigenvalue weighted by Gasteiger charge is -2.30. The van der Waals surface area contributed by atoms with E-state index in [1.165, 1.54) is 0 Å². The van der Waals surface area contributed by atoms with Crippen molar-refractivity contribution in [3.8, 4) is 40.2 Å². The third-order valence-electron chi connectivity index (χ3n) is 6.26. The van der Waals surface area contributed by atoms with E-state index < -0.39 is 0 Å². The Labute approximate surface area is 193 Å². The molecule has 168 valence electrons. The summed E-state index contributed by atoms with van der Waals surface area (Å²) in [5, 5.41) is 18.5. The van der Waals surface area contributed by atoms with Crippen molar-refractivity contribution < 1.29 is 5.11 Å². The first-order chi connectivity index (χ1) is 16.1. The first-order valence-corrected chi connectivity index (χ1v) is 11.4. The number of aromatic amines is 2. The molecule has 2 aromatic heterocycles. The number of likely N-dealkylation sites (N-methyl/N-ethyl adjacent to an activating group) is 1. The normalized spacial score (nSPS) is 15.0. The largest absolute Gasteiger partial charge is 0.508 e. The number of hydrogen-bond acceptors (Lipinski definition) is 5. The van der Waals surface area contributed by atoms with Crippen molar-refractivity contribution in [2.75, 3.05) is 39.8 Å². The Morgan fingerprint density at radius 1 is 1.09 bits per heavy atom. The van der Waals surface area contributed by atoms with Crippen molar-refractivity contribution in [3.05, 3.63) is 53.9 Å². The summed E-state index contributed by atoms with van der Waals surface area (Å²) in [5.74, 6) is 7.42. The molecule has 5 rings (SSSR count). The highest BCUT2D eigenvalue weighted by Crippen LogP contribution is 2.32. The van der Waals surface area contributed by atoms with E-state index in [4.69, 9.17) is 0 Å². The van der Waals surface area contributed by atoms with Gasteiger partial charge in [0.2, 0.25) is 0 Å². The molecule has 1 saturated heterocycles. The predicted molar refractivity (Wildman–Crippen MR) is 131 cm³/mol. The topological polar surface area (TPSA) is 84.1 Å². The fourth-order valence-corrected chi connectivity index (χ4v) is 4.28. The van der Waals surface area contributed by atoms with E-state index in [0.717, 1.165) is 78.1 Å². The summed E-state index contributed by atoms with van der Waals surface area (Å²) in [7, 11) is 2.16. The van der Waals surface area contributed by atoms with Crippen LogP contribution in [0.1, 0.15) is 18.2 Å². The monoisotopic (exact) mass is 440 g/mol. The van der Waals surface area contributed by atoms with Crippen LogP contribution in [-0.2, 0) is 6.42 Å². The highest BCUT2D eigenvalue weighted by Gasteiger charge is 2.14. The van der Waals surface area contributed by atoms with Gasteiger partial charge in [-0.2, -0.15) is 5.10 Å². The van der Waals surface area contributed by atoms with Crippen LogP contribution in [0.2, 0.25) is 0 Å². The lowest BCUT2D eigenvalue weighted by Crippen LogP contribution is -2.44. The highest BCUT2D eigenvalue weighted by molar-refractivity contribution is 5.94. The number of aromatic nitrogens is 4. The molecule has 0 saturated carbocycles. The number of nitrogens with one attached hydrogen (secondary N) is 2. The van der Waals surface area contributed by atoms with Gasteiger partial charge in [-0.1, -0.05) is 25.0 Å². The number of H-pyrrole nitrogens is 2. The average Bonchev–Trinajstić information content (AvgIpc) is 3.46. The van der Waals surface area contributed by atoms with Gasteiger partial charge in [-0.05, 0) is 60.3 Å².